The lowest BCUT2D eigenvalue weighted by Crippen LogP contribution is -2.29. The lowest BCUT2D eigenvalue weighted by atomic mass is 9.94. The van der Waals surface area contributed by atoms with Gasteiger partial charge in [0, 0.05) is 79.5 Å². The van der Waals surface area contributed by atoms with E-state index in [0.29, 0.717) is 62.3 Å². The lowest BCUT2D eigenvalue weighted by Gasteiger charge is -2.17. The SMILES string of the molecule is CN(C)CCCNC(=O)c1cc(NC(=O)c2ccc3c(O)cc4c(c3c2)C(CCl)CN4C(=O)c2cc3cc(NC(=O)c4cccn4C)ccc3o2)cn1C. The van der Waals surface area contributed by atoms with Crippen molar-refractivity contribution in [2.24, 2.45) is 14.1 Å². The maximum Gasteiger partial charge on any atom is 0.294 e. The molecule has 0 spiro atoms. The van der Waals surface area contributed by atoms with Gasteiger partial charge in [-0.15, -0.1) is 11.6 Å². The van der Waals surface area contributed by atoms with Crippen LogP contribution in [0, 0.1) is 0 Å². The average Bonchev–Trinajstić information content (AvgIpc) is 3.94. The molecule has 3 aromatic heterocycles. The molecule has 1 aliphatic heterocycles. The predicted molar refractivity (Wildman–Crippen MR) is 209 cm³/mol. The number of rotatable bonds is 11. The molecular formula is C40H40ClN7O6. The van der Waals surface area contributed by atoms with Crippen LogP contribution in [0.5, 0.6) is 5.75 Å². The average molecular weight is 750 g/mol. The van der Waals surface area contributed by atoms with Gasteiger partial charge in [-0.25, -0.2) is 0 Å². The van der Waals surface area contributed by atoms with Gasteiger partial charge in [0.1, 0.15) is 22.7 Å². The molecule has 14 heteroatoms. The van der Waals surface area contributed by atoms with E-state index in [9.17, 15) is 24.3 Å². The van der Waals surface area contributed by atoms with Crippen LogP contribution in [0.3, 0.4) is 0 Å². The molecule has 0 radical (unpaired) electrons. The summed E-state index contributed by atoms with van der Waals surface area (Å²) >= 11 is 6.49. The van der Waals surface area contributed by atoms with Gasteiger partial charge in [-0.2, -0.15) is 0 Å². The van der Waals surface area contributed by atoms with E-state index in [0.717, 1.165) is 18.5 Å². The summed E-state index contributed by atoms with van der Waals surface area (Å²) in [4.78, 5) is 56.7. The van der Waals surface area contributed by atoms with Crippen LogP contribution in [0.15, 0.2) is 83.5 Å². The topological polar surface area (TPSA) is 154 Å². The first-order valence-electron chi connectivity index (χ1n) is 17.5. The van der Waals surface area contributed by atoms with E-state index in [4.69, 9.17) is 16.0 Å². The Morgan fingerprint density at radius 2 is 1.69 bits per heavy atom. The molecule has 13 nitrogen and oxygen atoms in total. The van der Waals surface area contributed by atoms with Gasteiger partial charge in [-0.3, -0.25) is 19.2 Å². The monoisotopic (exact) mass is 749 g/mol. The van der Waals surface area contributed by atoms with Crippen molar-refractivity contribution < 1.29 is 28.7 Å². The maximum absolute atomic E-state index is 14.0. The number of furan rings is 1. The molecule has 7 rings (SSSR count). The van der Waals surface area contributed by atoms with E-state index in [2.05, 4.69) is 16.0 Å². The first-order valence-corrected chi connectivity index (χ1v) is 18.0. The highest BCUT2D eigenvalue weighted by molar-refractivity contribution is 6.19. The fourth-order valence-corrected chi connectivity index (χ4v) is 7.19. The third-order valence-corrected chi connectivity index (χ3v) is 10.0. The number of hydrogen-bond acceptors (Lipinski definition) is 7. The molecule has 1 atom stereocenters. The van der Waals surface area contributed by atoms with E-state index in [1.807, 2.05) is 19.0 Å². The van der Waals surface area contributed by atoms with E-state index >= 15 is 0 Å². The summed E-state index contributed by atoms with van der Waals surface area (Å²) < 4.78 is 9.35. The quantitative estimate of drug-likeness (QED) is 0.0917. The number of benzene rings is 3. The summed E-state index contributed by atoms with van der Waals surface area (Å²) in [7, 11) is 7.48. The molecule has 4 amide bonds. The second-order valence-corrected chi connectivity index (χ2v) is 14.1. The van der Waals surface area contributed by atoms with Crippen LogP contribution in [0.1, 0.15) is 59.8 Å². The minimum absolute atomic E-state index is 0.0590. The Labute approximate surface area is 316 Å². The number of phenols is 1. The highest BCUT2D eigenvalue weighted by atomic mass is 35.5. The minimum Gasteiger partial charge on any atom is -0.507 e. The molecule has 1 unspecified atom stereocenters. The number of aromatic nitrogens is 2. The van der Waals surface area contributed by atoms with Gasteiger partial charge in [0.2, 0.25) is 0 Å². The van der Waals surface area contributed by atoms with E-state index in [1.54, 1.807) is 102 Å². The first-order chi connectivity index (χ1) is 25.9. The number of hydrogen-bond donors (Lipinski definition) is 4. The molecule has 54 heavy (non-hydrogen) atoms. The number of phenolic OH excluding ortho intramolecular Hbond substituents is 1. The Morgan fingerprint density at radius 1 is 0.889 bits per heavy atom. The first kappa shape index (κ1) is 36.3. The van der Waals surface area contributed by atoms with Crippen molar-refractivity contribution in [2.75, 3.05) is 55.1 Å². The van der Waals surface area contributed by atoms with E-state index in [-0.39, 0.29) is 41.7 Å². The smallest absolute Gasteiger partial charge is 0.294 e. The van der Waals surface area contributed by atoms with Crippen molar-refractivity contribution in [3.05, 3.63) is 107 Å². The lowest BCUT2D eigenvalue weighted by molar-refractivity contribution is 0.0941. The van der Waals surface area contributed by atoms with E-state index in [1.165, 1.54) is 4.90 Å². The highest BCUT2D eigenvalue weighted by Gasteiger charge is 2.36. The molecule has 0 fully saturated rings. The summed E-state index contributed by atoms with van der Waals surface area (Å²) in [5.74, 6) is -1.44. The summed E-state index contributed by atoms with van der Waals surface area (Å²) in [6.45, 7) is 1.61. The fourth-order valence-electron chi connectivity index (χ4n) is 6.94. The summed E-state index contributed by atoms with van der Waals surface area (Å²) in [6, 6.07) is 18.4. The number of amides is 4. The number of halogens is 1. The summed E-state index contributed by atoms with van der Waals surface area (Å²) in [5, 5.41) is 21.5. The van der Waals surface area contributed by atoms with Crippen LogP contribution >= 0.6 is 11.6 Å². The van der Waals surface area contributed by atoms with Gasteiger partial charge in [-0.05, 0) is 98.7 Å². The van der Waals surface area contributed by atoms with Gasteiger partial charge in [0.15, 0.2) is 5.76 Å². The molecule has 3 aromatic carbocycles. The number of nitrogens with zero attached hydrogens (tertiary/aromatic N) is 4. The zero-order chi connectivity index (χ0) is 38.3. The fraction of sp³-hybridized carbons (Fsp3) is 0.250. The van der Waals surface area contributed by atoms with Crippen LogP contribution in [0.25, 0.3) is 21.7 Å². The molecule has 0 aliphatic carbocycles. The number of anilines is 3. The normalized spacial score (nSPS) is 13.8. The minimum atomic E-state index is -0.427. The van der Waals surface area contributed by atoms with Gasteiger partial charge in [0.05, 0.1) is 11.4 Å². The number of carbonyl (C=O) groups is 4. The molecule has 1 aliphatic rings. The molecule has 0 saturated carbocycles. The molecule has 4 N–H and O–H groups in total. The third kappa shape index (κ3) is 7.03. The zero-order valence-electron chi connectivity index (χ0n) is 30.3. The summed E-state index contributed by atoms with van der Waals surface area (Å²) in [6.07, 6.45) is 4.27. The van der Waals surface area contributed by atoms with Gasteiger partial charge < -0.3 is 44.4 Å². The summed E-state index contributed by atoms with van der Waals surface area (Å²) in [5.41, 5.74) is 3.89. The van der Waals surface area contributed by atoms with Gasteiger partial charge in [-0.1, -0.05) is 0 Å². The molecule has 0 saturated heterocycles. The second kappa shape index (κ2) is 14.8. The van der Waals surface area contributed by atoms with Crippen LogP contribution in [0.2, 0.25) is 0 Å². The van der Waals surface area contributed by atoms with Crippen LogP contribution in [-0.2, 0) is 14.1 Å². The number of aryl methyl sites for hydroxylation is 2. The molecule has 278 valence electrons. The number of alkyl halides is 1. The Morgan fingerprint density at radius 3 is 2.43 bits per heavy atom. The molecule has 4 heterocycles. The number of fused-ring (bicyclic) bond motifs is 4. The number of carbonyl (C=O) groups excluding carboxylic acids is 4. The maximum atomic E-state index is 14.0. The largest absolute Gasteiger partial charge is 0.507 e. The second-order valence-electron chi connectivity index (χ2n) is 13.8. The Hall–Kier alpha value is -6.05. The van der Waals surface area contributed by atoms with Gasteiger partial charge >= 0.3 is 0 Å². The Balaban J connectivity index is 1.12. The molecule has 6 aromatic rings. The van der Waals surface area contributed by atoms with Crippen LogP contribution < -0.4 is 20.9 Å². The van der Waals surface area contributed by atoms with Crippen molar-refractivity contribution in [1.82, 2.24) is 19.4 Å². The molecular weight excluding hydrogens is 710 g/mol. The molecule has 0 bridgehead atoms. The van der Waals surface area contributed by atoms with E-state index < -0.39 is 11.8 Å². The van der Waals surface area contributed by atoms with Crippen LogP contribution in [0.4, 0.5) is 17.1 Å². The van der Waals surface area contributed by atoms with Crippen molar-refractivity contribution in [1.29, 1.82) is 0 Å². The van der Waals surface area contributed by atoms with Crippen molar-refractivity contribution in [3.8, 4) is 5.75 Å². The third-order valence-electron chi connectivity index (χ3n) is 9.66. The van der Waals surface area contributed by atoms with Crippen molar-refractivity contribution >= 4 is 74.0 Å². The number of nitrogens with one attached hydrogen (secondary N) is 3. The zero-order valence-corrected chi connectivity index (χ0v) is 31.0. The van der Waals surface area contributed by atoms with Gasteiger partial charge in [0.25, 0.3) is 23.6 Å². The van der Waals surface area contributed by atoms with Crippen molar-refractivity contribution in [2.45, 2.75) is 12.3 Å². The highest BCUT2D eigenvalue weighted by Crippen LogP contribution is 2.46. The van der Waals surface area contributed by atoms with Crippen molar-refractivity contribution in [3.63, 3.8) is 0 Å². The predicted octanol–water partition coefficient (Wildman–Crippen LogP) is 6.14. The Bertz CT molecular complexity index is 2440. The standard InChI is InChI=1S/C40H40ClN7O6/c1-45(2)13-6-12-42-38(51)32-18-27(22-47(32)4)44-37(50)23-8-10-28-29(16-23)36-25(20-41)21-48(31(36)19-33(28)49)40(53)35-17-24-15-26(9-11-34(24)54-35)43-39(52)30-7-5-14-46(30)3/h5,7-11,14-19,22,25,49H,6,12-13,20-21H2,1-4H3,(H,42,51)(H,43,52)(H,44,50). The Kier molecular flexibility index (Phi) is 9.93. The van der Waals surface area contributed by atoms with Crippen LogP contribution in [-0.4, -0.2) is 82.4 Å². The number of aromatic hydroxyl groups is 1.